The van der Waals surface area contributed by atoms with Crippen LogP contribution in [0.15, 0.2) is 212 Å². The molecule has 0 aromatic heterocycles. The maximum absolute atomic E-state index is 14.1. The van der Waals surface area contributed by atoms with Crippen molar-refractivity contribution in [1.29, 1.82) is 0 Å². The highest BCUT2D eigenvalue weighted by Gasteiger charge is 2.55. The molecule has 101 heavy (non-hydrogen) atoms. The fourth-order valence-electron chi connectivity index (χ4n) is 14.3. The summed E-state index contributed by atoms with van der Waals surface area (Å²) in [5.74, 6) is -1.45. The van der Waals surface area contributed by atoms with Crippen molar-refractivity contribution in [2.24, 2.45) is 0 Å². The lowest BCUT2D eigenvalue weighted by atomic mass is 9.80. The Hall–Kier alpha value is -6.46. The van der Waals surface area contributed by atoms with Gasteiger partial charge in [0.2, 0.25) is 17.1 Å². The van der Waals surface area contributed by atoms with Gasteiger partial charge in [0, 0.05) is 97.6 Å². The van der Waals surface area contributed by atoms with Crippen LogP contribution in [0, 0.1) is 0 Å². The summed E-state index contributed by atoms with van der Waals surface area (Å²) in [6.45, 7) is 39.8. The summed E-state index contributed by atoms with van der Waals surface area (Å²) >= 11 is 0. The van der Waals surface area contributed by atoms with E-state index in [-0.39, 0.29) is 77.8 Å². The molecule has 0 saturated heterocycles. The van der Waals surface area contributed by atoms with E-state index in [1.165, 1.54) is 39.5 Å². The van der Waals surface area contributed by atoms with Crippen LogP contribution in [0.4, 0.5) is 22.7 Å². The van der Waals surface area contributed by atoms with Gasteiger partial charge in [-0.05, 0) is 138 Å². The fraction of sp³-hybridized carbons (Fsp3) is 0.410. The quantitative estimate of drug-likeness (QED) is 0.0135. The third-order valence-corrected chi connectivity index (χ3v) is 24.2. The van der Waals surface area contributed by atoms with E-state index in [1.54, 1.807) is 0 Å². The van der Waals surface area contributed by atoms with Crippen molar-refractivity contribution in [2.75, 3.05) is 57.5 Å². The topological polar surface area (TPSA) is 158 Å². The molecule has 4 aliphatic rings. The third kappa shape index (κ3) is 19.3. The van der Waals surface area contributed by atoms with Gasteiger partial charge in [0.05, 0.1) is 53.3 Å². The van der Waals surface area contributed by atoms with Gasteiger partial charge >= 0.3 is 27.1 Å². The van der Waals surface area contributed by atoms with Gasteiger partial charge in [-0.15, -0.1) is 0 Å². The van der Waals surface area contributed by atoms with Gasteiger partial charge in [0.25, 0.3) is 0 Å². The maximum atomic E-state index is 14.1. The minimum absolute atomic E-state index is 0. The number of carbonyl (C=O) groups is 2. The van der Waals surface area contributed by atoms with Crippen molar-refractivity contribution in [3.8, 4) is 0 Å². The van der Waals surface area contributed by atoms with Crippen LogP contribution in [-0.4, -0.2) is 106 Å². The molecule has 5 aromatic carbocycles. The summed E-state index contributed by atoms with van der Waals surface area (Å²) in [4.78, 5) is 24.0. The maximum Gasteiger partial charge on any atom is 0.358 e. The lowest BCUT2D eigenvalue weighted by Crippen LogP contribution is -3.00. The van der Waals surface area contributed by atoms with Crippen molar-refractivity contribution in [1.82, 2.24) is 0 Å². The molecule has 0 spiro atoms. The number of likely N-dealkylation sites (N-methyl/N-ethyl adjacent to an activating group) is 1. The summed E-state index contributed by atoms with van der Waals surface area (Å²) < 4.78 is 57.0. The highest BCUT2D eigenvalue weighted by molar-refractivity contribution is 7.59. The molecular formula is C83H109BrIN4O10P2+. The van der Waals surface area contributed by atoms with Crippen molar-refractivity contribution in [3.05, 3.63) is 239 Å². The van der Waals surface area contributed by atoms with Gasteiger partial charge in [0.1, 0.15) is 25.0 Å². The summed E-state index contributed by atoms with van der Waals surface area (Å²) in [5, 5.41) is 18.8. The zero-order chi connectivity index (χ0) is 72.2. The number of carboxylic acid groups (broad SMARTS) is 2. The highest BCUT2D eigenvalue weighted by atomic mass is 127. The number of nitrogens with zero attached hydrogens (tertiary/aromatic N) is 4. The second-order valence-electron chi connectivity index (χ2n) is 26.5. The van der Waals surface area contributed by atoms with Gasteiger partial charge in [-0.3, -0.25) is 18.7 Å². The molecule has 0 fully saturated rings. The van der Waals surface area contributed by atoms with Crippen molar-refractivity contribution in [3.63, 3.8) is 0 Å². The Morgan fingerprint density at radius 2 is 0.911 bits per heavy atom. The number of para-hydroxylation sites is 4. The Kier molecular flexibility index (Phi) is 32.8. The number of unbranched alkanes of at least 4 members (excludes halogenated alkanes) is 4. The molecule has 0 bridgehead atoms. The largest absolute Gasteiger partial charge is 1.00 e. The van der Waals surface area contributed by atoms with Crippen LogP contribution in [0.3, 0.4) is 0 Å². The van der Waals surface area contributed by atoms with E-state index in [0.717, 1.165) is 98.6 Å². The zero-order valence-corrected chi connectivity index (χ0v) is 67.4. The summed E-state index contributed by atoms with van der Waals surface area (Å²) in [6.07, 6.45) is 25.6. The normalized spacial score (nSPS) is 18.3. The molecule has 2 atom stereocenters. The predicted octanol–water partition coefficient (Wildman–Crippen LogP) is 14.2. The zero-order valence-electron chi connectivity index (χ0n) is 61.9. The molecule has 0 amide bonds. The third-order valence-electron chi connectivity index (χ3n) is 19.6. The van der Waals surface area contributed by atoms with Crippen LogP contribution >= 0.6 is 15.2 Å². The molecule has 5 aromatic rings. The van der Waals surface area contributed by atoms with E-state index < -0.39 is 38.0 Å². The highest BCUT2D eigenvalue weighted by Crippen LogP contribution is 2.67. The second kappa shape index (κ2) is 38.9. The number of allylic oxidation sites excluding steroid dienone is 11. The lowest BCUT2D eigenvalue weighted by molar-refractivity contribution is -0.438. The Balaban J connectivity index is 0.000000289. The molecular weight excluding hydrogens is 1480 g/mol. The van der Waals surface area contributed by atoms with Crippen LogP contribution < -0.4 is 45.9 Å². The SMILES string of the molecule is C=C(C1(C)C(=CC=CC=CC2=[N+](CCCCCC(=O)O)c3ccccc3C2(C)C)N(CC)c2ccccc21)P(=O)(OCC)OCC.C=C(C1(C)C(C)=[N+](CC)c2ccccc21)P(=O)(OCC)OCC.CC1(C)C(C=CC=CCc2ccccc2)=[N+](CCCCCC(=O)O)c2ccccc21.[Br-].[I-]. The molecule has 18 heteroatoms. The van der Waals surface area contributed by atoms with Crippen LogP contribution in [0.5, 0.6) is 0 Å². The molecule has 2 unspecified atom stereocenters. The van der Waals surface area contributed by atoms with Crippen molar-refractivity contribution >= 4 is 67.0 Å². The minimum atomic E-state index is -3.62. The number of carboxylic acids is 2. The van der Waals surface area contributed by atoms with Crippen molar-refractivity contribution < 1.29 is 102 Å². The van der Waals surface area contributed by atoms with Crippen LogP contribution in [0.1, 0.15) is 169 Å². The van der Waals surface area contributed by atoms with E-state index in [9.17, 15) is 18.7 Å². The molecule has 14 nitrogen and oxygen atoms in total. The number of aliphatic carboxylic acids is 2. The number of anilines is 1. The van der Waals surface area contributed by atoms with E-state index in [2.05, 4.69) is 234 Å². The van der Waals surface area contributed by atoms with Gasteiger partial charge in [-0.2, -0.15) is 13.7 Å². The fourth-order valence-corrected chi connectivity index (χ4v) is 18.1. The predicted molar refractivity (Wildman–Crippen MR) is 407 cm³/mol. The van der Waals surface area contributed by atoms with Gasteiger partial charge in [-0.1, -0.05) is 153 Å². The van der Waals surface area contributed by atoms with E-state index >= 15 is 0 Å². The molecule has 2 N–H and O–H groups in total. The van der Waals surface area contributed by atoms with E-state index in [0.29, 0.717) is 30.3 Å². The number of halogens is 2. The number of fused-ring (bicyclic) bond motifs is 4. The van der Waals surface area contributed by atoms with Gasteiger partial charge < -0.3 is 74.2 Å². The molecule has 0 saturated carbocycles. The number of hydrogen-bond acceptors (Lipinski definition) is 9. The molecule has 0 radical (unpaired) electrons. The first-order chi connectivity index (χ1) is 47.3. The standard InChI is InChI=1S/C38H49N2O5P.C27H31NO2.C18H27NO3P.BrH.HI/c1-8-39-33-24-19-17-22-31(33)38(7,29(4)46(43,44-9-2)45-10-3)35(39)26-14-11-13-25-34-37(5,6)30-21-16-18-23-32(30)40(34)28-20-12-15-27-36(41)42;1-27(2)23-17-11-12-18-24(23)28(21-13-5-10-20-26(29)30)25(27)19-9-4-8-16-22-14-6-3-7-15-22;1-7-19-14(4)18(6,16-12-10-11-13-17(16)19)15(5)23(20,21-8-2)22-9-3;;/h11,13-14,16-19,21-26H,4,8-10,12,15,20,27-28H2,1-3,5-7H3;3-4,6-9,11-12,14-15,17-19H,5,10,13,16,20-21H2,1-2H3;10-13H,5,7-9H2,1-4,6H3;2*1H/q;;+1;;. The average Bonchev–Trinajstić information content (AvgIpc) is 1.60. The Morgan fingerprint density at radius 3 is 1.36 bits per heavy atom. The monoisotopic (exact) mass is 1590 g/mol. The molecule has 0 aliphatic carbocycles. The number of benzene rings is 5. The Morgan fingerprint density at radius 1 is 0.505 bits per heavy atom. The molecule has 544 valence electrons. The number of rotatable bonds is 33. The first-order valence-electron chi connectivity index (χ1n) is 35.4. The molecule has 4 heterocycles. The van der Waals surface area contributed by atoms with Crippen LogP contribution in [-0.2, 0) is 64.9 Å². The summed E-state index contributed by atoms with van der Waals surface area (Å²) in [7, 11) is -7.02. The van der Waals surface area contributed by atoms with Crippen molar-refractivity contribution in [2.45, 2.75) is 169 Å². The first kappa shape index (κ1) is 85.2. The van der Waals surface area contributed by atoms with Crippen LogP contribution in [0.25, 0.3) is 0 Å². The summed E-state index contributed by atoms with van der Waals surface area (Å²) in [6, 6.07) is 44.0. The lowest BCUT2D eigenvalue weighted by Gasteiger charge is -2.34. The van der Waals surface area contributed by atoms with E-state index in [4.69, 9.17) is 28.3 Å². The Bertz CT molecular complexity index is 4050. The summed E-state index contributed by atoms with van der Waals surface area (Å²) in [5.41, 5.74) is 13.7. The molecule has 4 aliphatic heterocycles. The first-order valence-corrected chi connectivity index (χ1v) is 38.5. The average molecular weight is 1590 g/mol. The second-order valence-corrected chi connectivity index (χ2v) is 30.6. The van der Waals surface area contributed by atoms with Crippen LogP contribution in [0.2, 0.25) is 0 Å². The Labute approximate surface area is 630 Å². The number of hydrogen-bond donors (Lipinski definition) is 2. The smallest absolute Gasteiger partial charge is 0.358 e. The van der Waals surface area contributed by atoms with Gasteiger partial charge in [0.15, 0.2) is 17.1 Å². The molecule has 9 rings (SSSR count). The minimum Gasteiger partial charge on any atom is -1.00 e. The van der Waals surface area contributed by atoms with E-state index in [1.807, 2.05) is 70.2 Å². The van der Waals surface area contributed by atoms with Gasteiger partial charge in [-0.25, -0.2) is 0 Å².